The number of ether oxygens (including phenoxy) is 1. The molecule has 0 aromatic heterocycles. The molecular formula is C14H18BrNO. The highest BCUT2D eigenvalue weighted by atomic mass is 79.9. The van der Waals surface area contributed by atoms with Gasteiger partial charge < -0.3 is 10.1 Å². The molecule has 0 unspecified atom stereocenters. The lowest BCUT2D eigenvalue weighted by molar-refractivity contribution is 0.359. The highest BCUT2D eigenvalue weighted by molar-refractivity contribution is 9.10. The first kappa shape index (κ1) is 14.1. The fourth-order valence-electron chi connectivity index (χ4n) is 1.31. The summed E-state index contributed by atoms with van der Waals surface area (Å²) in [6, 6.07) is 5.93. The van der Waals surface area contributed by atoms with E-state index in [2.05, 4.69) is 47.9 Å². The Morgan fingerprint density at radius 3 is 2.71 bits per heavy atom. The highest BCUT2D eigenvalue weighted by Crippen LogP contribution is 2.23. The molecule has 0 saturated carbocycles. The van der Waals surface area contributed by atoms with Gasteiger partial charge in [0, 0.05) is 22.1 Å². The quantitative estimate of drug-likeness (QED) is 0.860. The molecule has 92 valence electrons. The first-order chi connectivity index (χ1) is 7.92. The Morgan fingerprint density at radius 1 is 1.41 bits per heavy atom. The van der Waals surface area contributed by atoms with Crippen molar-refractivity contribution in [2.75, 3.05) is 6.61 Å². The van der Waals surface area contributed by atoms with Crippen molar-refractivity contribution in [1.29, 1.82) is 0 Å². The van der Waals surface area contributed by atoms with Gasteiger partial charge in [-0.2, -0.15) is 0 Å². The number of halogens is 1. The van der Waals surface area contributed by atoms with Crippen molar-refractivity contribution < 1.29 is 4.74 Å². The van der Waals surface area contributed by atoms with Crippen molar-refractivity contribution in [1.82, 2.24) is 5.32 Å². The van der Waals surface area contributed by atoms with E-state index in [-0.39, 0.29) is 5.54 Å². The lowest BCUT2D eigenvalue weighted by atomic mass is 10.1. The molecular weight excluding hydrogens is 278 g/mol. The Bertz CT molecular complexity index is 415. The number of hydrogen-bond donors (Lipinski definition) is 1. The van der Waals surface area contributed by atoms with Gasteiger partial charge in [0.1, 0.15) is 12.4 Å². The van der Waals surface area contributed by atoms with Crippen LogP contribution in [0.5, 0.6) is 5.75 Å². The van der Waals surface area contributed by atoms with Crippen LogP contribution in [0.25, 0.3) is 0 Å². The first-order valence-electron chi connectivity index (χ1n) is 5.52. The van der Waals surface area contributed by atoms with Gasteiger partial charge in [-0.1, -0.05) is 21.9 Å². The standard InChI is InChI=1S/C14H18BrNO/c1-5-8-17-13-7-6-12(15)9-11(13)10-16-14(2,3)4/h1,6-7,9,16H,8,10H2,2-4H3. The second-order valence-electron chi connectivity index (χ2n) is 4.85. The Morgan fingerprint density at radius 2 is 2.12 bits per heavy atom. The molecule has 1 rings (SSSR count). The molecule has 17 heavy (non-hydrogen) atoms. The summed E-state index contributed by atoms with van der Waals surface area (Å²) >= 11 is 3.46. The minimum atomic E-state index is 0.0751. The molecule has 0 atom stereocenters. The van der Waals surface area contributed by atoms with Crippen LogP contribution in [-0.2, 0) is 6.54 Å². The molecule has 1 N–H and O–H groups in total. The molecule has 0 amide bonds. The summed E-state index contributed by atoms with van der Waals surface area (Å²) in [6.45, 7) is 7.44. The first-order valence-corrected chi connectivity index (χ1v) is 6.31. The largest absolute Gasteiger partial charge is 0.481 e. The molecule has 0 fully saturated rings. The Kier molecular flexibility index (Phi) is 5.04. The van der Waals surface area contributed by atoms with Gasteiger partial charge in [0.15, 0.2) is 0 Å². The van der Waals surface area contributed by atoms with Crippen LogP contribution in [0.4, 0.5) is 0 Å². The third kappa shape index (κ3) is 5.25. The molecule has 0 bridgehead atoms. The van der Waals surface area contributed by atoms with Crippen LogP contribution in [0, 0.1) is 12.3 Å². The molecule has 0 aliphatic carbocycles. The van der Waals surface area contributed by atoms with Crippen LogP contribution in [0.15, 0.2) is 22.7 Å². The third-order valence-electron chi connectivity index (χ3n) is 2.14. The van der Waals surface area contributed by atoms with Crippen LogP contribution in [-0.4, -0.2) is 12.1 Å². The molecule has 0 spiro atoms. The third-order valence-corrected chi connectivity index (χ3v) is 2.64. The zero-order valence-electron chi connectivity index (χ0n) is 10.5. The van der Waals surface area contributed by atoms with Crippen molar-refractivity contribution in [3.05, 3.63) is 28.2 Å². The van der Waals surface area contributed by atoms with Gasteiger partial charge in [-0.15, -0.1) is 6.42 Å². The zero-order valence-corrected chi connectivity index (χ0v) is 12.1. The van der Waals surface area contributed by atoms with Gasteiger partial charge in [0.25, 0.3) is 0 Å². The summed E-state index contributed by atoms with van der Waals surface area (Å²) in [6.07, 6.45) is 5.20. The number of terminal acetylenes is 1. The summed E-state index contributed by atoms with van der Waals surface area (Å²) in [5.41, 5.74) is 1.18. The maximum absolute atomic E-state index is 5.51. The monoisotopic (exact) mass is 295 g/mol. The van der Waals surface area contributed by atoms with E-state index in [1.807, 2.05) is 18.2 Å². The lowest BCUT2D eigenvalue weighted by Gasteiger charge is -2.21. The van der Waals surface area contributed by atoms with E-state index in [1.54, 1.807) is 0 Å². The van der Waals surface area contributed by atoms with Gasteiger partial charge in [-0.3, -0.25) is 0 Å². The molecule has 0 heterocycles. The molecule has 0 aliphatic heterocycles. The van der Waals surface area contributed by atoms with E-state index in [0.29, 0.717) is 6.61 Å². The minimum Gasteiger partial charge on any atom is -0.481 e. The average Bonchev–Trinajstić information content (AvgIpc) is 2.24. The van der Waals surface area contributed by atoms with Crippen LogP contribution in [0.1, 0.15) is 26.3 Å². The van der Waals surface area contributed by atoms with E-state index in [0.717, 1.165) is 22.3 Å². The smallest absolute Gasteiger partial charge is 0.148 e. The number of rotatable bonds is 4. The SMILES string of the molecule is C#CCOc1ccc(Br)cc1CNC(C)(C)C. The number of benzene rings is 1. The zero-order chi connectivity index (χ0) is 12.9. The van der Waals surface area contributed by atoms with Gasteiger partial charge >= 0.3 is 0 Å². The fraction of sp³-hybridized carbons (Fsp3) is 0.429. The number of hydrogen-bond acceptors (Lipinski definition) is 2. The van der Waals surface area contributed by atoms with E-state index in [1.165, 1.54) is 0 Å². The second-order valence-corrected chi connectivity index (χ2v) is 5.76. The van der Waals surface area contributed by atoms with Gasteiger partial charge in [0.05, 0.1) is 0 Å². The van der Waals surface area contributed by atoms with Crippen LogP contribution in [0.2, 0.25) is 0 Å². The van der Waals surface area contributed by atoms with Crippen molar-refractivity contribution in [2.24, 2.45) is 0 Å². The maximum atomic E-state index is 5.51. The van der Waals surface area contributed by atoms with E-state index >= 15 is 0 Å². The molecule has 0 aliphatic rings. The topological polar surface area (TPSA) is 21.3 Å². The molecule has 1 aromatic carbocycles. The fourth-order valence-corrected chi connectivity index (χ4v) is 1.72. The normalized spacial score (nSPS) is 11.0. The Labute approximate surface area is 112 Å². The summed E-state index contributed by atoms with van der Waals surface area (Å²) in [4.78, 5) is 0. The maximum Gasteiger partial charge on any atom is 0.148 e. The Balaban J connectivity index is 2.80. The van der Waals surface area contributed by atoms with Crippen molar-refractivity contribution in [3.8, 4) is 18.1 Å². The highest BCUT2D eigenvalue weighted by Gasteiger charge is 2.11. The second kappa shape index (κ2) is 6.09. The number of nitrogens with one attached hydrogen (secondary N) is 1. The molecule has 2 nitrogen and oxygen atoms in total. The predicted molar refractivity (Wildman–Crippen MR) is 75.1 cm³/mol. The van der Waals surface area contributed by atoms with Crippen molar-refractivity contribution in [2.45, 2.75) is 32.9 Å². The molecule has 1 aromatic rings. The van der Waals surface area contributed by atoms with Crippen LogP contribution < -0.4 is 10.1 Å². The average molecular weight is 296 g/mol. The molecule has 0 saturated heterocycles. The van der Waals surface area contributed by atoms with Crippen molar-refractivity contribution in [3.63, 3.8) is 0 Å². The lowest BCUT2D eigenvalue weighted by Crippen LogP contribution is -2.35. The van der Waals surface area contributed by atoms with Gasteiger partial charge in [0.2, 0.25) is 0 Å². The van der Waals surface area contributed by atoms with E-state index in [9.17, 15) is 0 Å². The van der Waals surface area contributed by atoms with E-state index in [4.69, 9.17) is 11.2 Å². The molecule has 0 radical (unpaired) electrons. The summed E-state index contributed by atoms with van der Waals surface area (Å²) in [5.74, 6) is 3.31. The summed E-state index contributed by atoms with van der Waals surface area (Å²) in [7, 11) is 0. The van der Waals surface area contributed by atoms with Crippen LogP contribution in [0.3, 0.4) is 0 Å². The summed E-state index contributed by atoms with van der Waals surface area (Å²) < 4.78 is 6.55. The van der Waals surface area contributed by atoms with Gasteiger partial charge in [-0.05, 0) is 39.0 Å². The van der Waals surface area contributed by atoms with Gasteiger partial charge in [-0.25, -0.2) is 0 Å². The Hall–Kier alpha value is -0.980. The molecule has 3 heteroatoms. The van der Waals surface area contributed by atoms with E-state index < -0.39 is 0 Å². The minimum absolute atomic E-state index is 0.0751. The summed E-state index contributed by atoms with van der Waals surface area (Å²) in [5, 5.41) is 3.43. The van der Waals surface area contributed by atoms with Crippen molar-refractivity contribution >= 4 is 15.9 Å². The van der Waals surface area contributed by atoms with Crippen LogP contribution >= 0.6 is 15.9 Å². The predicted octanol–water partition coefficient (Wildman–Crippen LogP) is 3.35.